The van der Waals surface area contributed by atoms with Crippen LogP contribution in [-0.4, -0.2) is 61.0 Å². The lowest BCUT2D eigenvalue weighted by atomic mass is 9.92. The van der Waals surface area contributed by atoms with Crippen molar-refractivity contribution in [2.75, 3.05) is 39.4 Å². The minimum Gasteiger partial charge on any atom is -0.490 e. The molecule has 3 rings (SSSR count). The van der Waals surface area contributed by atoms with E-state index < -0.39 is 0 Å². The number of piperidine rings is 2. The maximum atomic E-state index is 12.8. The molecule has 0 aromatic heterocycles. The number of nitrogens with zero attached hydrogens (tertiary/aromatic N) is 3. The Morgan fingerprint density at radius 1 is 1.10 bits per heavy atom. The lowest BCUT2D eigenvalue weighted by Crippen LogP contribution is -2.47. The van der Waals surface area contributed by atoms with Gasteiger partial charge >= 0.3 is 0 Å². The van der Waals surface area contributed by atoms with E-state index in [1.807, 2.05) is 11.8 Å². The quantitative estimate of drug-likeness (QED) is 0.606. The van der Waals surface area contributed by atoms with Crippen LogP contribution in [0.15, 0.2) is 16.6 Å². The average molecular weight is 492 g/mol. The van der Waals surface area contributed by atoms with E-state index in [0.717, 1.165) is 25.9 Å². The Balaban J connectivity index is 1.52. The van der Waals surface area contributed by atoms with Crippen LogP contribution >= 0.6 is 15.9 Å². The lowest BCUT2D eigenvalue weighted by molar-refractivity contribution is -0.142. The molecule has 31 heavy (non-hydrogen) atoms. The molecule has 0 unspecified atom stereocenters. The number of nitriles is 1. The molecule has 2 aliphatic heterocycles. The molecule has 2 heterocycles. The molecule has 8 heteroatoms. The summed E-state index contributed by atoms with van der Waals surface area (Å²) in [7, 11) is 0. The van der Waals surface area contributed by atoms with Crippen LogP contribution in [0, 0.1) is 23.2 Å². The zero-order chi connectivity index (χ0) is 22.4. The predicted octanol–water partition coefficient (Wildman–Crippen LogP) is 3.60. The maximum absolute atomic E-state index is 12.8. The van der Waals surface area contributed by atoms with Crippen LogP contribution in [0.2, 0.25) is 0 Å². The predicted molar refractivity (Wildman–Crippen MR) is 120 cm³/mol. The van der Waals surface area contributed by atoms with Crippen LogP contribution in [0.3, 0.4) is 0 Å². The summed E-state index contributed by atoms with van der Waals surface area (Å²) in [5, 5.41) is 9.13. The molecular formula is C23H30BrN3O4. The molecule has 1 aromatic rings. The van der Waals surface area contributed by atoms with Crippen LogP contribution in [0.4, 0.5) is 0 Å². The summed E-state index contributed by atoms with van der Waals surface area (Å²) < 4.78 is 11.9. The molecule has 0 N–H and O–H groups in total. The number of rotatable bonds is 6. The second kappa shape index (κ2) is 10.9. The van der Waals surface area contributed by atoms with Gasteiger partial charge in [0, 0.05) is 38.2 Å². The minimum atomic E-state index is -0.118. The summed E-state index contributed by atoms with van der Waals surface area (Å²) in [6.45, 7) is 7.23. The number of ether oxygens (including phenoxy) is 2. The van der Waals surface area contributed by atoms with E-state index in [2.05, 4.69) is 28.9 Å². The largest absolute Gasteiger partial charge is 0.490 e. The standard InChI is InChI=1S/C23H30BrN3O4/c1-3-30-20-13-17(14-25)12-19(24)22(20)31-15-21(28)26-10-6-18(7-11-26)23(29)27-8-4-16(2)5-9-27/h12-13,16,18H,3-11,15H2,1-2H3. The van der Waals surface area contributed by atoms with Gasteiger partial charge in [-0.15, -0.1) is 0 Å². The van der Waals surface area contributed by atoms with Gasteiger partial charge in [0.2, 0.25) is 5.91 Å². The number of halogens is 1. The molecule has 7 nitrogen and oxygen atoms in total. The normalized spacial score (nSPS) is 17.9. The van der Waals surface area contributed by atoms with Crippen molar-refractivity contribution in [1.29, 1.82) is 5.26 Å². The van der Waals surface area contributed by atoms with Crippen LogP contribution in [0.5, 0.6) is 11.5 Å². The molecule has 1 aromatic carbocycles. The molecule has 2 aliphatic rings. The number of carbonyl (C=O) groups excluding carboxylic acids is 2. The van der Waals surface area contributed by atoms with Gasteiger partial charge in [0.15, 0.2) is 18.1 Å². The van der Waals surface area contributed by atoms with Crippen LogP contribution < -0.4 is 9.47 Å². The van der Waals surface area contributed by atoms with Crippen molar-refractivity contribution in [2.45, 2.75) is 39.5 Å². The number of amides is 2. The molecule has 0 spiro atoms. The van der Waals surface area contributed by atoms with Gasteiger partial charge in [-0.05, 0) is 60.5 Å². The van der Waals surface area contributed by atoms with Gasteiger partial charge in [-0.1, -0.05) is 6.92 Å². The minimum absolute atomic E-state index is 0.00982. The van der Waals surface area contributed by atoms with Crippen molar-refractivity contribution in [3.05, 3.63) is 22.2 Å². The van der Waals surface area contributed by atoms with Gasteiger partial charge in [-0.2, -0.15) is 5.26 Å². The van der Waals surface area contributed by atoms with E-state index in [9.17, 15) is 9.59 Å². The van der Waals surface area contributed by atoms with Gasteiger partial charge in [-0.25, -0.2) is 0 Å². The maximum Gasteiger partial charge on any atom is 0.260 e. The van der Waals surface area contributed by atoms with Crippen molar-refractivity contribution in [3.63, 3.8) is 0 Å². The molecule has 2 amide bonds. The Hall–Kier alpha value is -2.27. The molecule has 0 saturated carbocycles. The summed E-state index contributed by atoms with van der Waals surface area (Å²) in [4.78, 5) is 29.2. The Kier molecular flexibility index (Phi) is 8.19. The zero-order valence-electron chi connectivity index (χ0n) is 18.2. The highest BCUT2D eigenvalue weighted by Gasteiger charge is 2.31. The van der Waals surface area contributed by atoms with Gasteiger partial charge < -0.3 is 19.3 Å². The topological polar surface area (TPSA) is 82.9 Å². The first kappa shape index (κ1) is 23.4. The molecular weight excluding hydrogens is 462 g/mol. The number of hydrogen-bond donors (Lipinski definition) is 0. The molecule has 2 fully saturated rings. The second-order valence-electron chi connectivity index (χ2n) is 8.28. The fourth-order valence-electron chi connectivity index (χ4n) is 4.12. The van der Waals surface area contributed by atoms with E-state index in [-0.39, 0.29) is 24.3 Å². The van der Waals surface area contributed by atoms with Crippen molar-refractivity contribution >= 4 is 27.7 Å². The van der Waals surface area contributed by atoms with Crippen molar-refractivity contribution < 1.29 is 19.1 Å². The van der Waals surface area contributed by atoms with Gasteiger partial charge in [-0.3, -0.25) is 9.59 Å². The number of likely N-dealkylation sites (tertiary alicyclic amines) is 2. The lowest BCUT2D eigenvalue weighted by Gasteiger charge is -2.36. The molecule has 168 valence electrons. The average Bonchev–Trinajstić information content (AvgIpc) is 2.78. The Bertz CT molecular complexity index is 838. The van der Waals surface area contributed by atoms with Crippen molar-refractivity contribution in [2.24, 2.45) is 11.8 Å². The smallest absolute Gasteiger partial charge is 0.260 e. The highest BCUT2D eigenvalue weighted by atomic mass is 79.9. The Morgan fingerprint density at radius 2 is 1.74 bits per heavy atom. The van der Waals surface area contributed by atoms with E-state index in [1.165, 1.54) is 0 Å². The van der Waals surface area contributed by atoms with Crippen molar-refractivity contribution in [3.8, 4) is 17.6 Å². The fraction of sp³-hybridized carbons (Fsp3) is 0.609. The highest BCUT2D eigenvalue weighted by molar-refractivity contribution is 9.10. The summed E-state index contributed by atoms with van der Waals surface area (Å²) in [5.41, 5.74) is 0.448. The van der Waals surface area contributed by atoms with Gasteiger partial charge in [0.1, 0.15) is 0 Å². The van der Waals surface area contributed by atoms with Crippen molar-refractivity contribution in [1.82, 2.24) is 9.80 Å². The first-order valence-electron chi connectivity index (χ1n) is 11.0. The third kappa shape index (κ3) is 5.91. The number of hydrogen-bond acceptors (Lipinski definition) is 5. The third-order valence-electron chi connectivity index (χ3n) is 6.07. The monoisotopic (exact) mass is 491 g/mol. The highest BCUT2D eigenvalue weighted by Crippen LogP contribution is 2.37. The first-order chi connectivity index (χ1) is 14.9. The molecule has 0 bridgehead atoms. The van der Waals surface area contributed by atoms with Crippen LogP contribution in [-0.2, 0) is 9.59 Å². The van der Waals surface area contributed by atoms with E-state index in [1.54, 1.807) is 17.0 Å². The SMILES string of the molecule is CCOc1cc(C#N)cc(Br)c1OCC(=O)N1CCC(C(=O)N2CCC(C)CC2)CC1. The summed E-state index contributed by atoms with van der Waals surface area (Å²) in [6, 6.07) is 5.32. The van der Waals surface area contributed by atoms with E-state index in [4.69, 9.17) is 14.7 Å². The summed E-state index contributed by atoms with van der Waals surface area (Å²) in [6.07, 6.45) is 3.55. The Morgan fingerprint density at radius 3 is 2.35 bits per heavy atom. The molecule has 2 saturated heterocycles. The number of carbonyl (C=O) groups is 2. The van der Waals surface area contributed by atoms with Crippen LogP contribution in [0.25, 0.3) is 0 Å². The first-order valence-corrected chi connectivity index (χ1v) is 11.8. The third-order valence-corrected chi connectivity index (χ3v) is 6.66. The zero-order valence-corrected chi connectivity index (χ0v) is 19.8. The molecule has 0 atom stereocenters. The van der Waals surface area contributed by atoms with Crippen LogP contribution in [0.1, 0.15) is 45.1 Å². The number of benzene rings is 1. The second-order valence-corrected chi connectivity index (χ2v) is 9.14. The Labute approximate surface area is 192 Å². The van der Waals surface area contributed by atoms with E-state index >= 15 is 0 Å². The molecule has 0 radical (unpaired) electrons. The van der Waals surface area contributed by atoms with E-state index in [0.29, 0.717) is 60.0 Å². The van der Waals surface area contributed by atoms with Gasteiger partial charge in [0.25, 0.3) is 5.91 Å². The fourth-order valence-corrected chi connectivity index (χ4v) is 4.68. The van der Waals surface area contributed by atoms with Gasteiger partial charge in [0.05, 0.1) is 22.7 Å². The summed E-state index contributed by atoms with van der Waals surface area (Å²) in [5.74, 6) is 1.69. The molecule has 0 aliphatic carbocycles. The summed E-state index contributed by atoms with van der Waals surface area (Å²) >= 11 is 3.40.